The summed E-state index contributed by atoms with van der Waals surface area (Å²) in [6.45, 7) is 0.828. The number of anilines is 1. The number of methoxy groups -OCH3 is 2. The summed E-state index contributed by atoms with van der Waals surface area (Å²) in [5.74, 6) is 2.73. The second-order valence-corrected chi connectivity index (χ2v) is 5.60. The van der Waals surface area contributed by atoms with Crippen molar-refractivity contribution in [3.63, 3.8) is 0 Å². The Morgan fingerprint density at radius 1 is 1.10 bits per heavy atom. The maximum Gasteiger partial charge on any atom is 0.127 e. The first-order chi connectivity index (χ1) is 9.81. The normalized spacial score (nSPS) is 13.2. The summed E-state index contributed by atoms with van der Waals surface area (Å²) in [7, 11) is 3.37. The van der Waals surface area contributed by atoms with E-state index in [1.165, 1.54) is 11.3 Å². The van der Waals surface area contributed by atoms with Crippen LogP contribution in [0.1, 0.15) is 11.1 Å². The van der Waals surface area contributed by atoms with E-state index >= 15 is 0 Å². The van der Waals surface area contributed by atoms with Crippen LogP contribution in [0.2, 0.25) is 0 Å². The van der Waals surface area contributed by atoms with Crippen molar-refractivity contribution in [2.24, 2.45) is 0 Å². The Morgan fingerprint density at radius 3 is 2.75 bits per heavy atom. The molecular formula is C16H17NO2S. The number of fused-ring (bicyclic) bond motifs is 1. The standard InChI is InChI=1S/C16H17NO2S/c1-18-14-8-7-12(16(9-14)19-2)10-17-15-6-4-3-5-13(15)11-20-17/h3-9H,10-11H2,1-2H3. The van der Waals surface area contributed by atoms with Crippen LogP contribution in [-0.4, -0.2) is 14.2 Å². The molecule has 2 aromatic rings. The van der Waals surface area contributed by atoms with E-state index in [0.29, 0.717) is 0 Å². The number of hydrogen-bond donors (Lipinski definition) is 0. The third-order valence-corrected chi connectivity index (χ3v) is 4.52. The molecule has 20 heavy (non-hydrogen) atoms. The lowest BCUT2D eigenvalue weighted by molar-refractivity contribution is 0.391. The zero-order chi connectivity index (χ0) is 13.9. The molecule has 0 amide bonds. The number of hydrogen-bond acceptors (Lipinski definition) is 4. The molecule has 0 atom stereocenters. The van der Waals surface area contributed by atoms with Crippen molar-refractivity contribution in [1.82, 2.24) is 0 Å². The highest BCUT2D eigenvalue weighted by Crippen LogP contribution is 2.39. The molecule has 1 aliphatic rings. The van der Waals surface area contributed by atoms with Crippen LogP contribution < -0.4 is 13.8 Å². The van der Waals surface area contributed by atoms with Gasteiger partial charge in [-0.15, -0.1) is 0 Å². The van der Waals surface area contributed by atoms with Gasteiger partial charge in [-0.2, -0.15) is 0 Å². The Kier molecular flexibility index (Phi) is 3.74. The first-order valence-electron chi connectivity index (χ1n) is 6.51. The predicted molar refractivity (Wildman–Crippen MR) is 83.5 cm³/mol. The minimum atomic E-state index is 0.820. The first-order valence-corrected chi connectivity index (χ1v) is 7.45. The maximum absolute atomic E-state index is 5.47. The molecule has 4 heteroatoms. The second-order valence-electron chi connectivity index (χ2n) is 4.62. The van der Waals surface area contributed by atoms with E-state index in [0.717, 1.165) is 29.4 Å². The van der Waals surface area contributed by atoms with Gasteiger partial charge in [-0.1, -0.05) is 18.2 Å². The lowest BCUT2D eigenvalue weighted by Crippen LogP contribution is -2.11. The minimum Gasteiger partial charge on any atom is -0.497 e. The van der Waals surface area contributed by atoms with Crippen LogP contribution in [0, 0.1) is 0 Å². The van der Waals surface area contributed by atoms with E-state index in [4.69, 9.17) is 9.47 Å². The van der Waals surface area contributed by atoms with Crippen LogP contribution in [0.15, 0.2) is 42.5 Å². The molecule has 0 N–H and O–H groups in total. The van der Waals surface area contributed by atoms with Crippen molar-refractivity contribution >= 4 is 17.6 Å². The van der Waals surface area contributed by atoms with E-state index < -0.39 is 0 Å². The van der Waals surface area contributed by atoms with Gasteiger partial charge in [0.25, 0.3) is 0 Å². The molecule has 3 nitrogen and oxygen atoms in total. The summed E-state index contributed by atoms with van der Waals surface area (Å²) in [4.78, 5) is 0. The first kappa shape index (κ1) is 13.2. The molecule has 0 fully saturated rings. The number of nitrogens with zero attached hydrogens (tertiary/aromatic N) is 1. The molecule has 2 aromatic carbocycles. The summed E-state index contributed by atoms with van der Waals surface area (Å²) in [6, 6.07) is 14.5. The Labute approximate surface area is 123 Å². The lowest BCUT2D eigenvalue weighted by atomic mass is 10.1. The third-order valence-electron chi connectivity index (χ3n) is 3.44. The van der Waals surface area contributed by atoms with Gasteiger partial charge >= 0.3 is 0 Å². The molecule has 3 rings (SSSR count). The SMILES string of the molecule is COc1ccc(CN2SCc3ccccc32)c(OC)c1. The van der Waals surface area contributed by atoms with E-state index in [2.05, 4.69) is 34.6 Å². The van der Waals surface area contributed by atoms with Crippen molar-refractivity contribution in [3.05, 3.63) is 53.6 Å². The smallest absolute Gasteiger partial charge is 0.127 e. The van der Waals surface area contributed by atoms with Gasteiger partial charge in [0.05, 0.1) is 26.5 Å². The summed E-state index contributed by atoms with van der Waals surface area (Å²) >= 11 is 1.84. The molecule has 0 aliphatic carbocycles. The minimum absolute atomic E-state index is 0.820. The third kappa shape index (κ3) is 2.43. The number of benzene rings is 2. The van der Waals surface area contributed by atoms with Gasteiger partial charge in [-0.3, -0.25) is 0 Å². The van der Waals surface area contributed by atoms with Crippen LogP contribution in [0.25, 0.3) is 0 Å². The predicted octanol–water partition coefficient (Wildman–Crippen LogP) is 3.87. The summed E-state index contributed by atoms with van der Waals surface area (Å²) in [5, 5.41) is 0. The van der Waals surface area contributed by atoms with Crippen LogP contribution >= 0.6 is 11.9 Å². The summed E-state index contributed by atoms with van der Waals surface area (Å²) in [6.07, 6.45) is 0. The zero-order valence-electron chi connectivity index (χ0n) is 11.6. The van der Waals surface area contributed by atoms with Crippen LogP contribution in [0.5, 0.6) is 11.5 Å². The van der Waals surface area contributed by atoms with Crippen LogP contribution in [-0.2, 0) is 12.3 Å². The van der Waals surface area contributed by atoms with Gasteiger partial charge < -0.3 is 13.8 Å². The van der Waals surface area contributed by atoms with E-state index in [1.807, 2.05) is 24.1 Å². The van der Waals surface area contributed by atoms with E-state index in [-0.39, 0.29) is 0 Å². The highest BCUT2D eigenvalue weighted by molar-refractivity contribution is 8.00. The van der Waals surface area contributed by atoms with Crippen molar-refractivity contribution < 1.29 is 9.47 Å². The van der Waals surface area contributed by atoms with Gasteiger partial charge in [0.1, 0.15) is 11.5 Å². The number of para-hydroxylation sites is 1. The Balaban J connectivity index is 1.86. The molecule has 0 saturated heterocycles. The lowest BCUT2D eigenvalue weighted by Gasteiger charge is -2.19. The molecule has 1 aliphatic heterocycles. The molecular weight excluding hydrogens is 270 g/mol. The molecule has 0 saturated carbocycles. The topological polar surface area (TPSA) is 21.7 Å². The van der Waals surface area contributed by atoms with Crippen molar-refractivity contribution in [3.8, 4) is 11.5 Å². The highest BCUT2D eigenvalue weighted by Gasteiger charge is 2.20. The number of rotatable bonds is 4. The molecule has 0 spiro atoms. The second kappa shape index (κ2) is 5.67. The van der Waals surface area contributed by atoms with Crippen LogP contribution in [0.4, 0.5) is 5.69 Å². The monoisotopic (exact) mass is 287 g/mol. The van der Waals surface area contributed by atoms with Gasteiger partial charge in [0.15, 0.2) is 0 Å². The number of ether oxygens (including phenoxy) is 2. The average Bonchev–Trinajstić information content (AvgIpc) is 2.91. The summed E-state index contributed by atoms with van der Waals surface area (Å²) in [5.41, 5.74) is 3.86. The maximum atomic E-state index is 5.47. The highest BCUT2D eigenvalue weighted by atomic mass is 32.2. The fourth-order valence-corrected chi connectivity index (χ4v) is 3.45. The molecule has 0 bridgehead atoms. The van der Waals surface area contributed by atoms with Crippen LogP contribution in [0.3, 0.4) is 0 Å². The molecule has 0 radical (unpaired) electrons. The Morgan fingerprint density at radius 2 is 1.95 bits per heavy atom. The Bertz CT molecular complexity index is 615. The zero-order valence-corrected chi connectivity index (χ0v) is 12.4. The molecule has 104 valence electrons. The van der Waals surface area contributed by atoms with Gasteiger partial charge in [-0.05, 0) is 35.7 Å². The average molecular weight is 287 g/mol. The van der Waals surface area contributed by atoms with E-state index in [9.17, 15) is 0 Å². The van der Waals surface area contributed by atoms with Crippen molar-refractivity contribution in [2.75, 3.05) is 18.5 Å². The van der Waals surface area contributed by atoms with Gasteiger partial charge in [0, 0.05) is 17.4 Å². The molecule has 0 aromatic heterocycles. The van der Waals surface area contributed by atoms with Gasteiger partial charge in [-0.25, -0.2) is 0 Å². The van der Waals surface area contributed by atoms with E-state index in [1.54, 1.807) is 14.2 Å². The fraction of sp³-hybridized carbons (Fsp3) is 0.250. The van der Waals surface area contributed by atoms with Crippen molar-refractivity contribution in [1.29, 1.82) is 0 Å². The fourth-order valence-electron chi connectivity index (χ4n) is 2.36. The van der Waals surface area contributed by atoms with Crippen molar-refractivity contribution in [2.45, 2.75) is 12.3 Å². The molecule has 0 unspecified atom stereocenters. The summed E-state index contributed by atoms with van der Waals surface area (Å²) < 4.78 is 13.0. The molecule has 1 heterocycles. The largest absolute Gasteiger partial charge is 0.497 e. The van der Waals surface area contributed by atoms with Gasteiger partial charge in [0.2, 0.25) is 0 Å². The Hall–Kier alpha value is -1.81. The quantitative estimate of drug-likeness (QED) is 0.796.